The molecule has 1 saturated carbocycles. The highest BCUT2D eigenvalue weighted by Gasteiger charge is 2.54. The Morgan fingerprint density at radius 2 is 1.71 bits per heavy atom. The van der Waals surface area contributed by atoms with Crippen molar-refractivity contribution in [1.29, 1.82) is 0 Å². The van der Waals surface area contributed by atoms with E-state index < -0.39 is 0 Å². The smallest absolute Gasteiger partial charge is 0.100 e. The molecule has 3 aliphatic rings. The molecule has 0 bridgehead atoms. The molecule has 3 fully saturated rings. The van der Waals surface area contributed by atoms with Crippen molar-refractivity contribution < 1.29 is 0 Å². The van der Waals surface area contributed by atoms with Gasteiger partial charge in [0, 0.05) is 6.04 Å². The topological polar surface area (TPSA) is 37.0 Å². The van der Waals surface area contributed by atoms with Gasteiger partial charge in [0.1, 0.15) is 5.66 Å². The van der Waals surface area contributed by atoms with E-state index in [9.17, 15) is 0 Å². The summed E-state index contributed by atoms with van der Waals surface area (Å²) < 4.78 is 0. The molecule has 2 saturated heterocycles. The molecule has 0 amide bonds. The van der Waals surface area contributed by atoms with Gasteiger partial charge in [0.25, 0.3) is 0 Å². The molecule has 3 nitrogen and oxygen atoms in total. The molecule has 1 aliphatic carbocycles. The Hall–Kier alpha value is -0.120. The van der Waals surface area contributed by atoms with E-state index in [2.05, 4.69) is 15.8 Å². The van der Waals surface area contributed by atoms with Gasteiger partial charge < -0.3 is 5.32 Å². The van der Waals surface area contributed by atoms with Gasteiger partial charge in [-0.15, -0.1) is 0 Å². The quantitative estimate of drug-likeness (QED) is 0.618. The molecule has 14 heavy (non-hydrogen) atoms. The van der Waals surface area contributed by atoms with Crippen LogP contribution in [0.1, 0.15) is 44.9 Å². The number of rotatable bonds is 1. The Morgan fingerprint density at radius 1 is 1.00 bits per heavy atom. The highest BCUT2D eigenvalue weighted by atomic mass is 15.8. The first-order chi connectivity index (χ1) is 6.91. The molecule has 0 aromatic carbocycles. The van der Waals surface area contributed by atoms with Gasteiger partial charge in [0.15, 0.2) is 0 Å². The molecule has 0 radical (unpaired) electrons. The summed E-state index contributed by atoms with van der Waals surface area (Å²) in [5, 5.41) is 6.01. The first-order valence-corrected chi connectivity index (χ1v) is 6.19. The third kappa shape index (κ3) is 1.47. The van der Waals surface area contributed by atoms with Gasteiger partial charge >= 0.3 is 0 Å². The standard InChI is InChI=1S/C11H21N3/c1-2-4-10(5-3-1)14-11(13-14)6-8-12-9-7-11/h10,12-13H,1-9H2. The fraction of sp³-hybridized carbons (Fsp3) is 1.00. The van der Waals surface area contributed by atoms with E-state index in [1.54, 1.807) is 0 Å². The number of hydrogen-bond acceptors (Lipinski definition) is 3. The van der Waals surface area contributed by atoms with Crippen LogP contribution in [0.15, 0.2) is 0 Å². The van der Waals surface area contributed by atoms with Gasteiger partial charge in [0.05, 0.1) is 0 Å². The maximum atomic E-state index is 3.65. The molecule has 2 aliphatic heterocycles. The molecule has 0 aromatic rings. The summed E-state index contributed by atoms with van der Waals surface area (Å²) in [7, 11) is 0. The first-order valence-electron chi connectivity index (χ1n) is 6.19. The van der Waals surface area contributed by atoms with Crippen LogP contribution in [0.3, 0.4) is 0 Å². The van der Waals surface area contributed by atoms with E-state index in [0.717, 1.165) is 6.04 Å². The summed E-state index contributed by atoms with van der Waals surface area (Å²) in [5.74, 6) is 0. The third-order valence-electron chi connectivity index (χ3n) is 4.11. The molecular formula is C11H21N3. The number of piperidine rings is 1. The largest absolute Gasteiger partial charge is 0.316 e. The molecule has 3 heteroatoms. The van der Waals surface area contributed by atoms with Crippen LogP contribution in [0.4, 0.5) is 0 Å². The molecule has 3 rings (SSSR count). The second-order valence-electron chi connectivity index (χ2n) is 5.06. The van der Waals surface area contributed by atoms with Gasteiger partial charge in [-0.25, -0.2) is 10.4 Å². The summed E-state index contributed by atoms with van der Waals surface area (Å²) in [6.07, 6.45) is 9.77. The maximum absolute atomic E-state index is 3.65. The molecule has 1 spiro atoms. The summed E-state index contributed by atoms with van der Waals surface area (Å²) >= 11 is 0. The van der Waals surface area contributed by atoms with Crippen molar-refractivity contribution in [2.24, 2.45) is 0 Å². The summed E-state index contributed by atoms with van der Waals surface area (Å²) in [6, 6.07) is 0.849. The van der Waals surface area contributed by atoms with Crippen LogP contribution in [-0.2, 0) is 0 Å². The monoisotopic (exact) mass is 195 g/mol. The van der Waals surface area contributed by atoms with Crippen molar-refractivity contribution in [2.75, 3.05) is 13.1 Å². The fourth-order valence-electron chi connectivity index (χ4n) is 3.17. The van der Waals surface area contributed by atoms with Crippen molar-refractivity contribution in [3.8, 4) is 0 Å². The average Bonchev–Trinajstić information content (AvgIpc) is 2.95. The van der Waals surface area contributed by atoms with Gasteiger partial charge in [-0.05, 0) is 38.8 Å². The normalized spacial score (nSPS) is 37.3. The minimum absolute atomic E-state index is 0.424. The lowest BCUT2D eigenvalue weighted by molar-refractivity contribution is 0.218. The summed E-state index contributed by atoms with van der Waals surface area (Å²) in [5.41, 5.74) is 4.07. The Labute approximate surface area is 86.2 Å². The predicted molar refractivity (Wildman–Crippen MR) is 56.7 cm³/mol. The van der Waals surface area contributed by atoms with Crippen LogP contribution in [-0.4, -0.2) is 29.8 Å². The Balaban J connectivity index is 1.59. The maximum Gasteiger partial charge on any atom is 0.100 e. The fourth-order valence-corrected chi connectivity index (χ4v) is 3.17. The zero-order valence-corrected chi connectivity index (χ0v) is 8.89. The van der Waals surface area contributed by atoms with Crippen molar-refractivity contribution in [3.05, 3.63) is 0 Å². The van der Waals surface area contributed by atoms with Crippen LogP contribution in [0, 0.1) is 0 Å². The number of hydrazine groups is 1. The lowest BCUT2D eigenvalue weighted by Crippen LogP contribution is -2.38. The second-order valence-corrected chi connectivity index (χ2v) is 5.06. The average molecular weight is 195 g/mol. The SMILES string of the molecule is C1CCC(N2NC23CCNCC3)CC1. The first kappa shape index (κ1) is 9.13. The van der Waals surface area contributed by atoms with Crippen LogP contribution >= 0.6 is 0 Å². The zero-order chi connectivity index (χ0) is 9.43. The molecule has 0 aromatic heterocycles. The summed E-state index contributed by atoms with van der Waals surface area (Å²) in [4.78, 5) is 0. The van der Waals surface area contributed by atoms with Crippen LogP contribution < -0.4 is 10.7 Å². The van der Waals surface area contributed by atoms with Crippen LogP contribution in [0.5, 0.6) is 0 Å². The Kier molecular flexibility index (Phi) is 2.26. The third-order valence-corrected chi connectivity index (χ3v) is 4.11. The van der Waals surface area contributed by atoms with E-state index in [0.29, 0.717) is 5.66 Å². The second kappa shape index (κ2) is 3.47. The van der Waals surface area contributed by atoms with Crippen molar-refractivity contribution in [1.82, 2.24) is 15.8 Å². The van der Waals surface area contributed by atoms with E-state index in [-0.39, 0.29) is 0 Å². The predicted octanol–water partition coefficient (Wildman–Crippen LogP) is 1.22. The highest BCUT2D eigenvalue weighted by molar-refractivity contribution is 5.04. The Morgan fingerprint density at radius 3 is 2.43 bits per heavy atom. The van der Waals surface area contributed by atoms with Crippen LogP contribution in [0.2, 0.25) is 0 Å². The van der Waals surface area contributed by atoms with E-state index in [1.165, 1.54) is 58.0 Å². The Bertz CT molecular complexity index is 205. The van der Waals surface area contributed by atoms with E-state index in [1.807, 2.05) is 0 Å². The molecule has 1 atom stereocenters. The highest BCUT2D eigenvalue weighted by Crippen LogP contribution is 2.39. The van der Waals surface area contributed by atoms with Gasteiger partial charge in [0.2, 0.25) is 0 Å². The number of hydrogen-bond donors (Lipinski definition) is 2. The van der Waals surface area contributed by atoms with Gasteiger partial charge in [-0.3, -0.25) is 0 Å². The van der Waals surface area contributed by atoms with Crippen molar-refractivity contribution >= 4 is 0 Å². The zero-order valence-electron chi connectivity index (χ0n) is 8.89. The lowest BCUT2D eigenvalue weighted by atomic mass is 9.93. The number of nitrogens with zero attached hydrogens (tertiary/aromatic N) is 1. The minimum atomic E-state index is 0.424. The van der Waals surface area contributed by atoms with Crippen molar-refractivity contribution in [3.63, 3.8) is 0 Å². The molecule has 1 unspecified atom stereocenters. The molecular weight excluding hydrogens is 174 g/mol. The summed E-state index contributed by atoms with van der Waals surface area (Å²) in [6.45, 7) is 2.38. The van der Waals surface area contributed by atoms with E-state index >= 15 is 0 Å². The van der Waals surface area contributed by atoms with Crippen LogP contribution in [0.25, 0.3) is 0 Å². The van der Waals surface area contributed by atoms with Gasteiger partial charge in [-0.2, -0.15) is 0 Å². The van der Waals surface area contributed by atoms with E-state index in [4.69, 9.17) is 0 Å². The molecule has 2 heterocycles. The van der Waals surface area contributed by atoms with Crippen molar-refractivity contribution in [2.45, 2.75) is 56.7 Å². The van der Waals surface area contributed by atoms with Gasteiger partial charge in [-0.1, -0.05) is 19.3 Å². The number of nitrogens with one attached hydrogen (secondary N) is 2. The lowest BCUT2D eigenvalue weighted by Gasteiger charge is -2.27. The minimum Gasteiger partial charge on any atom is -0.316 e. The molecule has 80 valence electrons. The molecule has 2 N–H and O–H groups in total.